The third-order valence-corrected chi connectivity index (χ3v) is 3.46. The van der Waals surface area contributed by atoms with Crippen LogP contribution in [-0.4, -0.2) is 30.6 Å². The maximum Gasteiger partial charge on any atom is 0.224 e. The average molecular weight is 484 g/mol. The molecule has 2 aromatic rings. The van der Waals surface area contributed by atoms with Gasteiger partial charge in [0.2, 0.25) is 5.88 Å². The molecule has 1 aromatic carbocycles. The molecule has 0 spiro atoms. The number of benzene rings is 1. The summed E-state index contributed by atoms with van der Waals surface area (Å²) in [5.41, 5.74) is 0.935. The van der Waals surface area contributed by atoms with Crippen LogP contribution in [0.3, 0.4) is 0 Å². The number of halogens is 1. The molecule has 0 amide bonds. The summed E-state index contributed by atoms with van der Waals surface area (Å²) < 4.78 is 11.8. The molecule has 2 rings (SSSR count). The Balaban J connectivity index is 0.00000364. The highest BCUT2D eigenvalue weighted by molar-refractivity contribution is 14.0. The van der Waals surface area contributed by atoms with E-state index in [1.165, 1.54) is 0 Å². The van der Waals surface area contributed by atoms with Crippen molar-refractivity contribution in [2.45, 2.75) is 39.8 Å². The minimum Gasteiger partial charge on any atom is -0.490 e. The van der Waals surface area contributed by atoms with Gasteiger partial charge in [-0.2, -0.15) is 0 Å². The topological polar surface area (TPSA) is 67.8 Å². The molecule has 0 fully saturated rings. The number of hydrogen-bond acceptors (Lipinski definition) is 4. The lowest BCUT2D eigenvalue weighted by Crippen LogP contribution is -2.40. The van der Waals surface area contributed by atoms with Crippen molar-refractivity contribution < 1.29 is 9.47 Å². The van der Waals surface area contributed by atoms with Crippen molar-refractivity contribution in [2.24, 2.45) is 4.99 Å². The second kappa shape index (κ2) is 12.4. The fourth-order valence-corrected chi connectivity index (χ4v) is 2.27. The third-order valence-electron chi connectivity index (χ3n) is 3.46. The Kier molecular flexibility index (Phi) is 10.5. The van der Waals surface area contributed by atoms with Crippen molar-refractivity contribution in [2.75, 3.05) is 13.7 Å². The highest BCUT2D eigenvalue weighted by Crippen LogP contribution is 2.31. The van der Waals surface area contributed by atoms with Gasteiger partial charge in [0.1, 0.15) is 0 Å². The minimum atomic E-state index is 0. The second-order valence-electron chi connectivity index (χ2n) is 6.09. The largest absolute Gasteiger partial charge is 0.490 e. The minimum absolute atomic E-state index is 0. The molecular formula is C20H29IN4O2. The number of hydrogen-bond donors (Lipinski definition) is 2. The van der Waals surface area contributed by atoms with Gasteiger partial charge in [0.15, 0.2) is 17.5 Å². The first-order valence-electron chi connectivity index (χ1n) is 8.94. The molecule has 2 N–H and O–H groups in total. The number of ether oxygens (including phenoxy) is 2. The van der Waals surface area contributed by atoms with Crippen LogP contribution in [0.4, 0.5) is 0 Å². The lowest BCUT2D eigenvalue weighted by molar-refractivity contribution is 0.300. The summed E-state index contributed by atoms with van der Waals surface area (Å²) in [6, 6.07) is 11.8. The standard InChI is InChI=1S/C20H28N4O2.HI/c1-5-13-25-17-10-6-7-11-18(17)26-19-16(9-8-12-22-19)14-23-20(21-4)24-15(2)3;/h6-12,15H,5,13-14H2,1-4H3,(H2,21,23,24);1H. The van der Waals surface area contributed by atoms with Crippen molar-refractivity contribution in [3.05, 3.63) is 48.2 Å². The van der Waals surface area contributed by atoms with Gasteiger partial charge in [0, 0.05) is 31.4 Å². The fraction of sp³-hybridized carbons (Fsp3) is 0.400. The van der Waals surface area contributed by atoms with Crippen LogP contribution in [0, 0.1) is 0 Å². The van der Waals surface area contributed by atoms with E-state index in [1.807, 2.05) is 36.4 Å². The number of para-hydroxylation sites is 2. The third kappa shape index (κ3) is 7.62. The number of aromatic nitrogens is 1. The molecule has 0 aliphatic heterocycles. The van der Waals surface area contributed by atoms with Gasteiger partial charge in [-0.15, -0.1) is 24.0 Å². The van der Waals surface area contributed by atoms with Crippen LogP contribution >= 0.6 is 24.0 Å². The summed E-state index contributed by atoms with van der Waals surface area (Å²) in [4.78, 5) is 8.60. The Bertz CT molecular complexity index is 723. The smallest absolute Gasteiger partial charge is 0.224 e. The molecule has 0 unspecified atom stereocenters. The zero-order valence-corrected chi connectivity index (χ0v) is 18.7. The number of pyridine rings is 1. The van der Waals surface area contributed by atoms with Crippen LogP contribution in [-0.2, 0) is 6.54 Å². The number of aliphatic imine (C=N–C) groups is 1. The molecule has 1 heterocycles. The van der Waals surface area contributed by atoms with E-state index < -0.39 is 0 Å². The van der Waals surface area contributed by atoms with Gasteiger partial charge < -0.3 is 20.1 Å². The number of nitrogens with zero attached hydrogens (tertiary/aromatic N) is 2. The first kappa shape index (κ1) is 23.0. The highest BCUT2D eigenvalue weighted by atomic mass is 127. The molecule has 0 bridgehead atoms. The highest BCUT2D eigenvalue weighted by Gasteiger charge is 2.11. The molecule has 1 aromatic heterocycles. The summed E-state index contributed by atoms with van der Waals surface area (Å²) >= 11 is 0. The Hall–Kier alpha value is -2.03. The first-order valence-corrected chi connectivity index (χ1v) is 8.94. The molecule has 0 saturated carbocycles. The maximum atomic E-state index is 6.05. The van der Waals surface area contributed by atoms with Crippen molar-refractivity contribution in [3.8, 4) is 17.4 Å². The van der Waals surface area contributed by atoms with Crippen molar-refractivity contribution in [3.63, 3.8) is 0 Å². The van der Waals surface area contributed by atoms with E-state index in [4.69, 9.17) is 9.47 Å². The molecule has 0 aliphatic carbocycles. The van der Waals surface area contributed by atoms with Crippen LogP contribution in [0.2, 0.25) is 0 Å². The summed E-state index contributed by atoms with van der Waals surface area (Å²) in [7, 11) is 1.75. The summed E-state index contributed by atoms with van der Waals surface area (Å²) in [6.07, 6.45) is 2.66. The number of nitrogens with one attached hydrogen (secondary N) is 2. The zero-order valence-electron chi connectivity index (χ0n) is 16.4. The lowest BCUT2D eigenvalue weighted by Gasteiger charge is -2.16. The summed E-state index contributed by atoms with van der Waals surface area (Å²) in [5.74, 6) is 2.66. The molecule has 0 aliphatic rings. The molecule has 0 saturated heterocycles. The predicted molar refractivity (Wildman–Crippen MR) is 120 cm³/mol. The Morgan fingerprint density at radius 1 is 1.15 bits per heavy atom. The van der Waals surface area contributed by atoms with Gasteiger partial charge in [-0.25, -0.2) is 4.98 Å². The lowest BCUT2D eigenvalue weighted by atomic mass is 10.2. The fourth-order valence-electron chi connectivity index (χ4n) is 2.27. The van der Waals surface area contributed by atoms with Gasteiger partial charge in [-0.1, -0.05) is 25.1 Å². The van der Waals surface area contributed by atoms with Crippen LogP contribution < -0.4 is 20.1 Å². The quantitative estimate of drug-likeness (QED) is 0.331. The van der Waals surface area contributed by atoms with Crippen LogP contribution in [0.5, 0.6) is 17.4 Å². The zero-order chi connectivity index (χ0) is 18.8. The average Bonchev–Trinajstić information content (AvgIpc) is 2.65. The van der Waals surface area contributed by atoms with E-state index in [9.17, 15) is 0 Å². The Morgan fingerprint density at radius 3 is 2.56 bits per heavy atom. The summed E-state index contributed by atoms with van der Waals surface area (Å²) in [6.45, 7) is 7.41. The normalized spacial score (nSPS) is 10.9. The number of rotatable bonds is 8. The van der Waals surface area contributed by atoms with Crippen molar-refractivity contribution in [1.82, 2.24) is 15.6 Å². The molecule has 6 nitrogen and oxygen atoms in total. The van der Waals surface area contributed by atoms with Crippen LogP contribution in [0.15, 0.2) is 47.6 Å². The van der Waals surface area contributed by atoms with E-state index in [2.05, 4.69) is 41.4 Å². The van der Waals surface area contributed by atoms with Crippen molar-refractivity contribution in [1.29, 1.82) is 0 Å². The van der Waals surface area contributed by atoms with E-state index in [0.717, 1.165) is 23.7 Å². The molecule has 27 heavy (non-hydrogen) atoms. The molecule has 0 radical (unpaired) electrons. The number of guanidine groups is 1. The Morgan fingerprint density at radius 2 is 1.89 bits per heavy atom. The van der Waals surface area contributed by atoms with Gasteiger partial charge >= 0.3 is 0 Å². The molecule has 7 heteroatoms. The van der Waals surface area contributed by atoms with Gasteiger partial charge in [0.25, 0.3) is 0 Å². The Labute approximate surface area is 178 Å². The first-order chi connectivity index (χ1) is 12.6. The van der Waals surface area contributed by atoms with E-state index in [0.29, 0.717) is 30.8 Å². The van der Waals surface area contributed by atoms with Crippen molar-refractivity contribution >= 4 is 29.9 Å². The summed E-state index contributed by atoms with van der Waals surface area (Å²) in [5, 5.41) is 6.54. The van der Waals surface area contributed by atoms with E-state index >= 15 is 0 Å². The predicted octanol–water partition coefficient (Wildman–Crippen LogP) is 4.35. The SMILES string of the molecule is CCCOc1ccccc1Oc1ncccc1CNC(=NC)NC(C)C.I. The molecule has 148 valence electrons. The van der Waals surface area contributed by atoms with E-state index in [1.54, 1.807) is 13.2 Å². The van der Waals surface area contributed by atoms with Gasteiger partial charge in [-0.3, -0.25) is 4.99 Å². The molecular weight excluding hydrogens is 455 g/mol. The maximum absolute atomic E-state index is 6.05. The van der Waals surface area contributed by atoms with Crippen LogP contribution in [0.25, 0.3) is 0 Å². The van der Waals surface area contributed by atoms with E-state index in [-0.39, 0.29) is 24.0 Å². The van der Waals surface area contributed by atoms with Gasteiger partial charge in [-0.05, 0) is 38.5 Å². The van der Waals surface area contributed by atoms with Crippen LogP contribution in [0.1, 0.15) is 32.8 Å². The molecule has 0 atom stereocenters. The van der Waals surface area contributed by atoms with Gasteiger partial charge in [0.05, 0.1) is 6.61 Å². The second-order valence-corrected chi connectivity index (χ2v) is 6.09. The monoisotopic (exact) mass is 484 g/mol.